The molecule has 0 fully saturated rings. The lowest BCUT2D eigenvalue weighted by atomic mass is 10.0. The molecule has 0 aromatic heterocycles. The minimum absolute atomic E-state index is 0.0909. The maximum Gasteiger partial charge on any atom is 0.276 e. The number of hydrogen-bond donors (Lipinski definition) is 0. The van der Waals surface area contributed by atoms with Crippen molar-refractivity contribution >= 4 is 11.6 Å². The molecule has 0 radical (unpaired) electrons. The Balaban J connectivity index is 2.54. The Labute approximate surface area is 94.5 Å². The Bertz CT molecular complexity index is 440. The van der Waals surface area contributed by atoms with Gasteiger partial charge < -0.3 is 9.74 Å². The predicted molar refractivity (Wildman–Crippen MR) is 61.3 cm³/mol. The van der Waals surface area contributed by atoms with Gasteiger partial charge in [0.15, 0.2) is 5.71 Å². The number of likely N-dealkylation sites (N-methyl/N-ethyl adjacent to an activating group) is 1. The molecule has 0 saturated carbocycles. The van der Waals surface area contributed by atoms with Crippen molar-refractivity contribution < 1.29 is 9.63 Å². The molecule has 0 bridgehead atoms. The second-order valence-electron chi connectivity index (χ2n) is 3.76. The highest BCUT2D eigenvalue weighted by Gasteiger charge is 2.25. The number of carbonyl (C=O) groups excluding carboxylic acids is 1. The van der Waals surface area contributed by atoms with Gasteiger partial charge in [0.05, 0.1) is 0 Å². The third-order valence-corrected chi connectivity index (χ3v) is 2.72. The fraction of sp³-hybridized carbons (Fsp3) is 0.333. The fourth-order valence-corrected chi connectivity index (χ4v) is 1.83. The summed E-state index contributed by atoms with van der Waals surface area (Å²) in [5.41, 5.74) is 2.40. The average Bonchev–Trinajstić information content (AvgIpc) is 2.42. The molecule has 84 valence electrons. The number of amides is 1. The van der Waals surface area contributed by atoms with Gasteiger partial charge in [-0.15, -0.1) is 0 Å². The SMILES string of the molecule is CON=C1C(=O)N(C)CCc2ccccc21. The summed E-state index contributed by atoms with van der Waals surface area (Å²) in [5.74, 6) is -0.0909. The summed E-state index contributed by atoms with van der Waals surface area (Å²) in [7, 11) is 3.23. The van der Waals surface area contributed by atoms with Gasteiger partial charge in [-0.25, -0.2) is 0 Å². The van der Waals surface area contributed by atoms with Gasteiger partial charge in [-0.3, -0.25) is 4.79 Å². The molecule has 1 aromatic carbocycles. The van der Waals surface area contributed by atoms with Crippen LogP contribution in [0.25, 0.3) is 0 Å². The van der Waals surface area contributed by atoms with Gasteiger partial charge in [0, 0.05) is 19.2 Å². The van der Waals surface area contributed by atoms with E-state index in [0.29, 0.717) is 12.3 Å². The fourth-order valence-electron chi connectivity index (χ4n) is 1.83. The van der Waals surface area contributed by atoms with E-state index in [1.165, 1.54) is 7.11 Å². The van der Waals surface area contributed by atoms with E-state index < -0.39 is 0 Å². The Kier molecular flexibility index (Phi) is 2.90. The minimum atomic E-state index is -0.0909. The smallest absolute Gasteiger partial charge is 0.276 e. The molecule has 0 aliphatic carbocycles. The second-order valence-corrected chi connectivity index (χ2v) is 3.76. The largest absolute Gasteiger partial charge is 0.398 e. The molecule has 0 atom stereocenters. The molecule has 0 N–H and O–H groups in total. The van der Waals surface area contributed by atoms with Crippen molar-refractivity contribution in [2.75, 3.05) is 20.7 Å². The van der Waals surface area contributed by atoms with Crippen molar-refractivity contribution in [3.8, 4) is 0 Å². The lowest BCUT2D eigenvalue weighted by Crippen LogP contribution is -2.32. The molecule has 1 aliphatic rings. The first-order valence-electron chi connectivity index (χ1n) is 5.19. The van der Waals surface area contributed by atoms with Crippen LogP contribution in [0.1, 0.15) is 11.1 Å². The zero-order valence-electron chi connectivity index (χ0n) is 9.43. The van der Waals surface area contributed by atoms with Gasteiger partial charge in [0.1, 0.15) is 7.11 Å². The summed E-state index contributed by atoms with van der Waals surface area (Å²) >= 11 is 0. The van der Waals surface area contributed by atoms with Crippen molar-refractivity contribution in [1.29, 1.82) is 0 Å². The van der Waals surface area contributed by atoms with Crippen molar-refractivity contribution in [1.82, 2.24) is 4.90 Å². The van der Waals surface area contributed by atoms with E-state index in [9.17, 15) is 4.79 Å². The molecule has 2 rings (SSSR count). The zero-order chi connectivity index (χ0) is 11.5. The molecule has 1 aromatic rings. The number of fused-ring (bicyclic) bond motifs is 1. The normalized spacial score (nSPS) is 18.2. The number of nitrogens with zero attached hydrogens (tertiary/aromatic N) is 2. The van der Waals surface area contributed by atoms with Crippen LogP contribution in [0.3, 0.4) is 0 Å². The van der Waals surface area contributed by atoms with E-state index >= 15 is 0 Å². The van der Waals surface area contributed by atoms with Gasteiger partial charge in [-0.1, -0.05) is 29.4 Å². The van der Waals surface area contributed by atoms with Crippen molar-refractivity contribution in [2.24, 2.45) is 5.16 Å². The van der Waals surface area contributed by atoms with Crippen LogP contribution in [0.4, 0.5) is 0 Å². The molecular weight excluding hydrogens is 204 g/mol. The summed E-state index contributed by atoms with van der Waals surface area (Å²) in [6.45, 7) is 0.707. The predicted octanol–water partition coefficient (Wildman–Crippen LogP) is 1.05. The summed E-state index contributed by atoms with van der Waals surface area (Å²) in [6, 6.07) is 7.80. The minimum Gasteiger partial charge on any atom is -0.398 e. The highest BCUT2D eigenvalue weighted by atomic mass is 16.6. The number of benzene rings is 1. The van der Waals surface area contributed by atoms with Gasteiger partial charge in [-0.05, 0) is 12.0 Å². The van der Waals surface area contributed by atoms with Crippen molar-refractivity contribution in [2.45, 2.75) is 6.42 Å². The van der Waals surface area contributed by atoms with Crippen molar-refractivity contribution in [3.63, 3.8) is 0 Å². The lowest BCUT2D eigenvalue weighted by Gasteiger charge is -2.13. The quantitative estimate of drug-likeness (QED) is 0.661. The molecule has 0 unspecified atom stereocenters. The molecule has 0 spiro atoms. The van der Waals surface area contributed by atoms with Crippen LogP contribution in [0.2, 0.25) is 0 Å². The number of hydrogen-bond acceptors (Lipinski definition) is 3. The summed E-state index contributed by atoms with van der Waals surface area (Å²) in [6.07, 6.45) is 0.848. The second kappa shape index (κ2) is 4.35. The van der Waals surface area contributed by atoms with E-state index in [-0.39, 0.29) is 5.91 Å². The maximum atomic E-state index is 12.0. The Morgan fingerprint density at radius 1 is 1.38 bits per heavy atom. The molecule has 0 saturated heterocycles. The van der Waals surface area contributed by atoms with Crippen LogP contribution in [0.15, 0.2) is 29.4 Å². The van der Waals surface area contributed by atoms with Crippen LogP contribution in [0, 0.1) is 0 Å². The monoisotopic (exact) mass is 218 g/mol. The highest BCUT2D eigenvalue weighted by Crippen LogP contribution is 2.16. The van der Waals surface area contributed by atoms with Gasteiger partial charge in [0.2, 0.25) is 0 Å². The van der Waals surface area contributed by atoms with E-state index in [0.717, 1.165) is 17.5 Å². The van der Waals surface area contributed by atoms with Crippen molar-refractivity contribution in [3.05, 3.63) is 35.4 Å². The number of oxime groups is 1. The van der Waals surface area contributed by atoms with Crippen LogP contribution in [-0.4, -0.2) is 37.2 Å². The molecule has 4 nitrogen and oxygen atoms in total. The third-order valence-electron chi connectivity index (χ3n) is 2.72. The van der Waals surface area contributed by atoms with E-state index in [4.69, 9.17) is 4.84 Å². The van der Waals surface area contributed by atoms with E-state index in [2.05, 4.69) is 5.16 Å². The first-order chi connectivity index (χ1) is 7.74. The maximum absolute atomic E-state index is 12.0. The van der Waals surface area contributed by atoms with Crippen LogP contribution >= 0.6 is 0 Å². The molecule has 16 heavy (non-hydrogen) atoms. The van der Waals surface area contributed by atoms with Gasteiger partial charge >= 0.3 is 0 Å². The number of rotatable bonds is 1. The Morgan fingerprint density at radius 2 is 2.12 bits per heavy atom. The Hall–Kier alpha value is -1.84. The average molecular weight is 218 g/mol. The Morgan fingerprint density at radius 3 is 2.88 bits per heavy atom. The summed E-state index contributed by atoms with van der Waals surface area (Å²) < 4.78 is 0. The van der Waals surface area contributed by atoms with E-state index in [1.54, 1.807) is 11.9 Å². The topological polar surface area (TPSA) is 41.9 Å². The molecule has 1 aliphatic heterocycles. The van der Waals surface area contributed by atoms with Gasteiger partial charge in [-0.2, -0.15) is 0 Å². The lowest BCUT2D eigenvalue weighted by molar-refractivity contribution is -0.122. The summed E-state index contributed by atoms with van der Waals surface area (Å²) in [4.78, 5) is 18.4. The third kappa shape index (κ3) is 1.78. The highest BCUT2D eigenvalue weighted by molar-refractivity contribution is 6.45. The first-order valence-corrected chi connectivity index (χ1v) is 5.19. The van der Waals surface area contributed by atoms with E-state index in [1.807, 2.05) is 24.3 Å². The van der Waals surface area contributed by atoms with Crippen LogP contribution in [0.5, 0.6) is 0 Å². The standard InChI is InChI=1S/C12H14N2O2/c1-14-8-7-9-5-3-4-6-10(9)11(12(14)15)13-16-2/h3-6H,7-8H2,1-2H3. The molecule has 1 heterocycles. The molecular formula is C12H14N2O2. The van der Waals surface area contributed by atoms with Crippen LogP contribution in [-0.2, 0) is 16.1 Å². The van der Waals surface area contributed by atoms with Gasteiger partial charge in [0.25, 0.3) is 5.91 Å². The zero-order valence-corrected chi connectivity index (χ0v) is 9.43. The number of carbonyl (C=O) groups is 1. The van der Waals surface area contributed by atoms with Crippen LogP contribution < -0.4 is 0 Å². The summed E-state index contributed by atoms with van der Waals surface area (Å²) in [5, 5.41) is 3.84. The first kappa shape index (κ1) is 10.7. The molecule has 4 heteroatoms. The molecule has 1 amide bonds.